The maximum Gasteiger partial charge on any atom is 0.251 e. The molecule has 0 radical (unpaired) electrons. The van der Waals surface area contributed by atoms with E-state index in [1.54, 1.807) is 36.4 Å². The van der Waals surface area contributed by atoms with Gasteiger partial charge in [0.1, 0.15) is 12.1 Å². The zero-order valence-corrected chi connectivity index (χ0v) is 15.2. The van der Waals surface area contributed by atoms with E-state index in [9.17, 15) is 9.18 Å². The fourth-order valence-corrected chi connectivity index (χ4v) is 3.53. The molecule has 0 unspecified atom stereocenters. The first-order valence-corrected chi connectivity index (χ1v) is 9.12. The Morgan fingerprint density at radius 3 is 2.46 bits per heavy atom. The lowest BCUT2D eigenvalue weighted by atomic mass is 9.74. The zero-order chi connectivity index (χ0) is 19.4. The number of tetrazole rings is 1. The number of benzene rings is 2. The maximum atomic E-state index is 13.3. The van der Waals surface area contributed by atoms with Crippen molar-refractivity contribution < 1.29 is 13.9 Å². The number of rotatable bonds is 5. The molecular weight excluding hydrogens is 361 g/mol. The summed E-state index contributed by atoms with van der Waals surface area (Å²) in [6, 6.07) is 13.6. The van der Waals surface area contributed by atoms with Crippen LogP contribution in [0.15, 0.2) is 54.9 Å². The van der Waals surface area contributed by atoms with Gasteiger partial charge in [-0.25, -0.2) is 9.07 Å². The van der Waals surface area contributed by atoms with Crippen LogP contribution in [0.25, 0.3) is 5.69 Å². The third-order valence-corrected chi connectivity index (χ3v) is 5.24. The Morgan fingerprint density at radius 1 is 1.11 bits per heavy atom. The van der Waals surface area contributed by atoms with Crippen LogP contribution < -0.4 is 5.32 Å². The minimum absolute atomic E-state index is 0.156. The zero-order valence-electron chi connectivity index (χ0n) is 15.2. The smallest absolute Gasteiger partial charge is 0.251 e. The molecule has 4 rings (SSSR count). The van der Waals surface area contributed by atoms with Gasteiger partial charge >= 0.3 is 0 Å². The lowest BCUT2D eigenvalue weighted by molar-refractivity contribution is 0.0487. The molecule has 0 saturated carbocycles. The SMILES string of the molecule is O=C(NCC1(c2ccc(F)cc2)CCOCC1)c1ccc(-n2cnnn2)cc1. The average Bonchev–Trinajstić information content (AvgIpc) is 3.28. The van der Waals surface area contributed by atoms with Crippen molar-refractivity contribution in [1.29, 1.82) is 0 Å². The molecule has 144 valence electrons. The van der Waals surface area contributed by atoms with Crippen LogP contribution in [-0.4, -0.2) is 45.9 Å². The summed E-state index contributed by atoms with van der Waals surface area (Å²) < 4.78 is 20.4. The van der Waals surface area contributed by atoms with E-state index in [1.165, 1.54) is 23.1 Å². The van der Waals surface area contributed by atoms with E-state index >= 15 is 0 Å². The molecule has 28 heavy (non-hydrogen) atoms. The second-order valence-electron chi connectivity index (χ2n) is 6.88. The van der Waals surface area contributed by atoms with Gasteiger partial charge in [0, 0.05) is 30.7 Å². The van der Waals surface area contributed by atoms with Gasteiger partial charge < -0.3 is 10.1 Å². The van der Waals surface area contributed by atoms with Crippen LogP contribution in [0.5, 0.6) is 0 Å². The highest BCUT2D eigenvalue weighted by atomic mass is 19.1. The first-order chi connectivity index (χ1) is 13.7. The van der Waals surface area contributed by atoms with E-state index in [1.807, 2.05) is 0 Å². The average molecular weight is 381 g/mol. The van der Waals surface area contributed by atoms with E-state index in [0.717, 1.165) is 24.1 Å². The number of nitrogens with one attached hydrogen (secondary N) is 1. The molecule has 0 atom stereocenters. The predicted octanol–water partition coefficient (Wildman–Crippen LogP) is 2.28. The van der Waals surface area contributed by atoms with Crippen LogP contribution in [-0.2, 0) is 10.2 Å². The molecule has 1 aliphatic heterocycles. The molecule has 1 saturated heterocycles. The van der Waals surface area contributed by atoms with Crippen molar-refractivity contribution >= 4 is 5.91 Å². The highest BCUT2D eigenvalue weighted by molar-refractivity contribution is 5.94. The Balaban J connectivity index is 1.47. The first kappa shape index (κ1) is 18.2. The minimum atomic E-state index is -0.266. The van der Waals surface area contributed by atoms with Gasteiger partial charge in [0.15, 0.2) is 0 Å². The largest absolute Gasteiger partial charge is 0.381 e. The van der Waals surface area contributed by atoms with Crippen molar-refractivity contribution in [3.8, 4) is 5.69 Å². The summed E-state index contributed by atoms with van der Waals surface area (Å²) in [6.45, 7) is 1.71. The molecule has 0 aliphatic carbocycles. The molecule has 0 spiro atoms. The summed E-state index contributed by atoms with van der Waals surface area (Å²) in [5.74, 6) is -0.422. The van der Waals surface area contributed by atoms with Gasteiger partial charge in [-0.2, -0.15) is 0 Å². The third-order valence-electron chi connectivity index (χ3n) is 5.24. The summed E-state index contributed by atoms with van der Waals surface area (Å²) in [7, 11) is 0. The molecule has 2 aromatic carbocycles. The predicted molar refractivity (Wildman–Crippen MR) is 99.6 cm³/mol. The van der Waals surface area contributed by atoms with Crippen molar-refractivity contribution in [2.75, 3.05) is 19.8 Å². The fraction of sp³-hybridized carbons (Fsp3) is 0.300. The summed E-state index contributed by atoms with van der Waals surface area (Å²) in [5.41, 5.74) is 2.09. The number of hydrogen-bond acceptors (Lipinski definition) is 5. The van der Waals surface area contributed by atoms with Crippen LogP contribution in [0.2, 0.25) is 0 Å². The van der Waals surface area contributed by atoms with Gasteiger partial charge in [-0.05, 0) is 65.2 Å². The Kier molecular flexibility index (Phi) is 5.12. The van der Waals surface area contributed by atoms with Crippen molar-refractivity contribution in [3.05, 3.63) is 71.8 Å². The van der Waals surface area contributed by atoms with E-state index in [0.29, 0.717) is 25.3 Å². The fourth-order valence-electron chi connectivity index (χ4n) is 3.53. The van der Waals surface area contributed by atoms with Gasteiger partial charge in [-0.15, -0.1) is 5.10 Å². The number of ether oxygens (including phenoxy) is 1. The lowest BCUT2D eigenvalue weighted by Crippen LogP contribution is -2.44. The number of amides is 1. The van der Waals surface area contributed by atoms with Crippen molar-refractivity contribution in [2.24, 2.45) is 0 Å². The highest BCUT2D eigenvalue weighted by Gasteiger charge is 2.35. The molecule has 3 aromatic rings. The Bertz CT molecular complexity index is 920. The molecule has 1 N–H and O–H groups in total. The minimum Gasteiger partial charge on any atom is -0.381 e. The summed E-state index contributed by atoms with van der Waals surface area (Å²) in [5, 5.41) is 14.1. The van der Waals surface area contributed by atoms with Gasteiger partial charge in [0.05, 0.1) is 5.69 Å². The lowest BCUT2D eigenvalue weighted by Gasteiger charge is -2.38. The topological polar surface area (TPSA) is 81.9 Å². The standard InChI is InChI=1S/C20H20FN5O2/c21-17-5-3-16(4-6-17)20(9-11-28-12-10-20)13-22-19(27)15-1-7-18(8-2-15)26-14-23-24-25-26/h1-8,14H,9-13H2,(H,22,27). The van der Waals surface area contributed by atoms with E-state index in [-0.39, 0.29) is 17.1 Å². The number of aromatic nitrogens is 4. The van der Waals surface area contributed by atoms with Crippen LogP contribution in [0.1, 0.15) is 28.8 Å². The molecule has 1 aliphatic rings. The number of carbonyl (C=O) groups is 1. The third kappa shape index (κ3) is 3.77. The van der Waals surface area contributed by atoms with Crippen molar-refractivity contribution in [2.45, 2.75) is 18.3 Å². The van der Waals surface area contributed by atoms with E-state index in [2.05, 4.69) is 20.8 Å². The summed E-state index contributed by atoms with van der Waals surface area (Å²) in [6.07, 6.45) is 3.04. The second-order valence-corrected chi connectivity index (χ2v) is 6.88. The van der Waals surface area contributed by atoms with Gasteiger partial charge in [0.2, 0.25) is 0 Å². The molecule has 1 amide bonds. The monoisotopic (exact) mass is 381 g/mol. The molecule has 1 fully saturated rings. The second kappa shape index (κ2) is 7.85. The number of nitrogens with zero attached hydrogens (tertiary/aromatic N) is 4. The molecule has 2 heterocycles. The Labute approximate surface area is 161 Å². The van der Waals surface area contributed by atoms with Crippen LogP contribution >= 0.6 is 0 Å². The molecule has 8 heteroatoms. The summed E-state index contributed by atoms with van der Waals surface area (Å²) >= 11 is 0. The first-order valence-electron chi connectivity index (χ1n) is 9.12. The van der Waals surface area contributed by atoms with Gasteiger partial charge in [-0.1, -0.05) is 12.1 Å². The van der Waals surface area contributed by atoms with Crippen LogP contribution in [0.4, 0.5) is 4.39 Å². The quantitative estimate of drug-likeness (QED) is 0.733. The van der Waals surface area contributed by atoms with Crippen LogP contribution in [0, 0.1) is 5.82 Å². The molecule has 1 aromatic heterocycles. The van der Waals surface area contributed by atoms with E-state index < -0.39 is 0 Å². The number of carbonyl (C=O) groups excluding carboxylic acids is 1. The normalized spacial score (nSPS) is 15.9. The van der Waals surface area contributed by atoms with Gasteiger partial charge in [0.25, 0.3) is 5.91 Å². The van der Waals surface area contributed by atoms with Crippen LogP contribution in [0.3, 0.4) is 0 Å². The Hall–Kier alpha value is -3.13. The summed E-state index contributed by atoms with van der Waals surface area (Å²) in [4.78, 5) is 12.7. The van der Waals surface area contributed by atoms with Crippen molar-refractivity contribution in [1.82, 2.24) is 25.5 Å². The van der Waals surface area contributed by atoms with Crippen molar-refractivity contribution in [3.63, 3.8) is 0 Å². The highest BCUT2D eigenvalue weighted by Crippen LogP contribution is 2.34. The number of halogens is 1. The Morgan fingerprint density at radius 2 is 1.82 bits per heavy atom. The van der Waals surface area contributed by atoms with Gasteiger partial charge in [-0.3, -0.25) is 4.79 Å². The molecular formula is C20H20FN5O2. The maximum absolute atomic E-state index is 13.3. The number of hydrogen-bond donors (Lipinski definition) is 1. The van der Waals surface area contributed by atoms with E-state index in [4.69, 9.17) is 4.74 Å². The molecule has 7 nitrogen and oxygen atoms in total. The molecule has 0 bridgehead atoms.